The van der Waals surface area contributed by atoms with E-state index in [2.05, 4.69) is 4.98 Å². The molecule has 2 fully saturated rings. The fourth-order valence-electron chi connectivity index (χ4n) is 2.21. The molecule has 1 aromatic rings. The van der Waals surface area contributed by atoms with Gasteiger partial charge in [0.05, 0.1) is 3.57 Å². The van der Waals surface area contributed by atoms with Gasteiger partial charge < -0.3 is 21.7 Å². The summed E-state index contributed by atoms with van der Waals surface area (Å²) in [4.78, 5) is 34.3. The van der Waals surface area contributed by atoms with Gasteiger partial charge >= 0.3 is 13.9 Å². The molecule has 3 heterocycles. The predicted molar refractivity (Wildman–Crippen MR) is 82.7 cm³/mol. The predicted octanol–water partition coefficient (Wildman–Crippen LogP) is -1.07. The molecule has 1 aromatic heterocycles. The zero-order valence-electron chi connectivity index (χ0n) is 11.1. The molecule has 3 rings (SSSR count). The van der Waals surface area contributed by atoms with Crippen molar-refractivity contribution in [2.75, 3.05) is 12.3 Å². The summed E-state index contributed by atoms with van der Waals surface area (Å²) in [5.74, 6) is 0.0806. The molecule has 124 valence electrons. The first-order chi connectivity index (χ1) is 9.78. The van der Waals surface area contributed by atoms with Crippen LogP contribution >= 0.6 is 30.8 Å². The Kier molecular flexibility index (Phi) is 5.06. The zero-order chi connectivity index (χ0) is 15.4. The number of halogens is 1. The van der Waals surface area contributed by atoms with Gasteiger partial charge in [-0.25, -0.2) is 4.79 Å². The van der Waals surface area contributed by atoms with Crippen molar-refractivity contribution in [1.82, 2.24) is 15.7 Å². The molecule has 4 atom stereocenters. The molecule has 0 aromatic carbocycles. The van der Waals surface area contributed by atoms with Crippen molar-refractivity contribution < 1.29 is 28.7 Å². The Morgan fingerprint density at radius 3 is 2.86 bits per heavy atom. The maximum Gasteiger partial charge on any atom is 0.570 e. The first-order valence-corrected chi connectivity index (χ1v) is 8.44. The van der Waals surface area contributed by atoms with Gasteiger partial charge in [0.2, 0.25) is 0 Å². The molecule has 11 nitrogen and oxygen atoms in total. The number of hydrogen-bond donors (Lipinski definition) is 5. The third kappa shape index (κ3) is 3.11. The number of aliphatic hydroxyl groups is 1. The lowest BCUT2D eigenvalue weighted by atomic mass is 10.1. The van der Waals surface area contributed by atoms with E-state index in [0.717, 1.165) is 4.57 Å². The van der Waals surface area contributed by atoms with E-state index in [1.54, 1.807) is 0 Å². The van der Waals surface area contributed by atoms with Crippen LogP contribution in [0.4, 0.5) is 5.82 Å². The van der Waals surface area contributed by atoms with E-state index < -0.39 is 38.4 Å². The van der Waals surface area contributed by atoms with Crippen LogP contribution in [0.25, 0.3) is 0 Å². The topological polar surface area (TPSA) is 184 Å². The number of nitrogens with zero attached hydrogens (tertiary/aromatic N) is 2. The highest BCUT2D eigenvalue weighted by Crippen LogP contribution is 2.58. The molecule has 0 saturated carbocycles. The monoisotopic (exact) mass is 449 g/mol. The summed E-state index contributed by atoms with van der Waals surface area (Å²) in [5.41, 5.74) is 4.84. The van der Waals surface area contributed by atoms with Crippen molar-refractivity contribution in [1.29, 1.82) is 0 Å². The standard InChI is InChI=1S/C9H11IN3O7P.H3N/c10-3-1-13(9(15)12-7(3)11)8-5(14)6-4(19-8)2-18-21(16,17)20-6;/h1,4-6,8,14,16-17H,2H2,(H-,11,12,15);1H3/p+1/t4-,5-,6-,8-;/m1./s1. The number of anilines is 1. The van der Waals surface area contributed by atoms with Gasteiger partial charge in [-0.15, -0.1) is 4.52 Å². The number of aromatic nitrogens is 2. The third-order valence-corrected chi connectivity index (χ3v) is 5.02. The largest absolute Gasteiger partial charge is 0.570 e. The smallest absolute Gasteiger partial charge is 0.385 e. The summed E-state index contributed by atoms with van der Waals surface area (Å²) in [6.45, 7) is -0.159. The van der Waals surface area contributed by atoms with Crippen LogP contribution in [0.5, 0.6) is 0 Å². The van der Waals surface area contributed by atoms with E-state index in [0.29, 0.717) is 3.57 Å². The van der Waals surface area contributed by atoms with Crippen molar-refractivity contribution in [3.63, 3.8) is 0 Å². The van der Waals surface area contributed by atoms with Crippen molar-refractivity contribution >= 4 is 36.6 Å². The van der Waals surface area contributed by atoms with E-state index in [1.807, 2.05) is 22.6 Å². The van der Waals surface area contributed by atoms with Gasteiger partial charge in [0.1, 0.15) is 24.6 Å². The van der Waals surface area contributed by atoms with Gasteiger partial charge in [-0.05, 0) is 22.6 Å². The summed E-state index contributed by atoms with van der Waals surface area (Å²) in [5, 5.41) is 10.2. The van der Waals surface area contributed by atoms with E-state index in [4.69, 9.17) is 19.5 Å². The Morgan fingerprint density at radius 2 is 2.18 bits per heavy atom. The van der Waals surface area contributed by atoms with Crippen LogP contribution in [0.2, 0.25) is 0 Å². The second-order valence-corrected chi connectivity index (χ2v) is 7.19. The Labute approximate surface area is 138 Å². The summed E-state index contributed by atoms with van der Waals surface area (Å²) in [6.07, 6.45) is -2.68. The second-order valence-electron chi connectivity index (χ2n) is 4.58. The highest BCUT2D eigenvalue weighted by atomic mass is 127. The number of fused-ring (bicyclic) bond motifs is 1. The lowest BCUT2D eigenvalue weighted by Crippen LogP contribution is -2.41. The van der Waals surface area contributed by atoms with E-state index in [9.17, 15) is 19.7 Å². The van der Waals surface area contributed by atoms with Crippen LogP contribution in [-0.4, -0.2) is 49.4 Å². The maximum atomic E-state index is 11.9. The van der Waals surface area contributed by atoms with E-state index in [-0.39, 0.29) is 18.6 Å². The van der Waals surface area contributed by atoms with Crippen LogP contribution in [0.1, 0.15) is 6.23 Å². The zero-order valence-corrected chi connectivity index (χ0v) is 14.1. The SMILES string of the molecule is N.Nc1nc(=O)n([C@@H]2O[C@@H]3CO[P+](O)(O)O[C@H]3[C@H]2O)cc1I. The average Bonchev–Trinajstić information content (AvgIpc) is 2.70. The Morgan fingerprint density at radius 1 is 1.50 bits per heavy atom. The molecule has 13 heteroatoms. The lowest BCUT2D eigenvalue weighted by Gasteiger charge is -2.24. The third-order valence-electron chi connectivity index (χ3n) is 3.18. The molecule has 0 spiro atoms. The summed E-state index contributed by atoms with van der Waals surface area (Å²) >= 11 is 1.89. The van der Waals surface area contributed by atoms with Gasteiger partial charge in [-0.3, -0.25) is 4.57 Å². The fraction of sp³-hybridized carbons (Fsp3) is 0.556. The highest BCUT2D eigenvalue weighted by Gasteiger charge is 2.59. The van der Waals surface area contributed by atoms with Crippen molar-refractivity contribution in [2.45, 2.75) is 24.5 Å². The summed E-state index contributed by atoms with van der Waals surface area (Å²) in [7, 11) is -3.96. The normalized spacial score (nSPS) is 33.1. The molecular formula is C9H15IN4O7P+. The lowest BCUT2D eigenvalue weighted by molar-refractivity contribution is -0.0763. The molecular weight excluding hydrogens is 434 g/mol. The first-order valence-electron chi connectivity index (χ1n) is 5.84. The first kappa shape index (κ1) is 17.9. The number of hydrogen-bond acceptors (Lipinski definition) is 10. The van der Waals surface area contributed by atoms with Gasteiger partial charge in [-0.1, -0.05) is 0 Å². The minimum absolute atomic E-state index is 0. The Hall–Kier alpha value is -0.440. The van der Waals surface area contributed by atoms with Gasteiger partial charge in [0, 0.05) is 6.20 Å². The van der Waals surface area contributed by atoms with Gasteiger partial charge in [-0.2, -0.15) is 19.3 Å². The van der Waals surface area contributed by atoms with E-state index >= 15 is 0 Å². The molecule has 0 aliphatic carbocycles. The van der Waals surface area contributed by atoms with Crippen molar-refractivity contribution in [2.24, 2.45) is 0 Å². The van der Waals surface area contributed by atoms with Crippen molar-refractivity contribution in [3.05, 3.63) is 20.3 Å². The minimum Gasteiger partial charge on any atom is -0.385 e. The molecule has 0 amide bonds. The van der Waals surface area contributed by atoms with Gasteiger partial charge in [0.15, 0.2) is 12.3 Å². The maximum absolute atomic E-state index is 11.9. The quantitative estimate of drug-likeness (QED) is 0.261. The number of aliphatic hydroxyl groups excluding tert-OH is 1. The highest BCUT2D eigenvalue weighted by molar-refractivity contribution is 14.1. The summed E-state index contributed by atoms with van der Waals surface area (Å²) in [6, 6.07) is 0. The number of nitrogens with two attached hydrogens (primary N) is 1. The van der Waals surface area contributed by atoms with Crippen LogP contribution in [0.3, 0.4) is 0 Å². The number of nitrogen functional groups attached to an aromatic ring is 1. The second kappa shape index (κ2) is 6.22. The van der Waals surface area contributed by atoms with Crippen LogP contribution in [0, 0.1) is 3.57 Å². The van der Waals surface area contributed by atoms with Crippen LogP contribution in [-0.2, 0) is 13.8 Å². The average molecular weight is 449 g/mol. The molecule has 0 radical (unpaired) electrons. The molecule has 8 N–H and O–H groups in total. The van der Waals surface area contributed by atoms with Crippen molar-refractivity contribution in [3.8, 4) is 0 Å². The number of ether oxygens (including phenoxy) is 1. The Bertz CT molecular complexity index is 628. The number of rotatable bonds is 1. The fourth-order valence-corrected chi connectivity index (χ4v) is 3.61. The van der Waals surface area contributed by atoms with E-state index in [1.165, 1.54) is 6.20 Å². The molecule has 0 bridgehead atoms. The Balaban J connectivity index is 0.00000176. The molecule has 2 aliphatic rings. The molecule has 22 heavy (non-hydrogen) atoms. The minimum atomic E-state index is -3.96. The molecule has 0 unspecified atom stereocenters. The van der Waals surface area contributed by atoms with Crippen LogP contribution in [0.15, 0.2) is 11.0 Å². The van der Waals surface area contributed by atoms with Crippen LogP contribution < -0.4 is 17.6 Å². The molecule has 2 aliphatic heterocycles. The summed E-state index contributed by atoms with van der Waals surface area (Å²) < 4.78 is 16.7. The molecule has 2 saturated heterocycles. The van der Waals surface area contributed by atoms with Gasteiger partial charge in [0.25, 0.3) is 0 Å².